The van der Waals surface area contributed by atoms with Crippen LogP contribution in [0.3, 0.4) is 0 Å². The molecule has 5 nitrogen and oxygen atoms in total. The summed E-state index contributed by atoms with van der Waals surface area (Å²) in [5.74, 6) is -0.626. The first kappa shape index (κ1) is 19.3. The first-order valence-electron chi connectivity index (χ1n) is 8.44. The van der Waals surface area contributed by atoms with Gasteiger partial charge in [0.15, 0.2) is 0 Å². The minimum atomic E-state index is -0.450. The topological polar surface area (TPSA) is 57.7 Å². The smallest absolute Gasteiger partial charge is 0.294 e. The van der Waals surface area contributed by atoms with Gasteiger partial charge in [0.25, 0.3) is 11.1 Å². The third kappa shape index (κ3) is 4.42. The van der Waals surface area contributed by atoms with Crippen LogP contribution >= 0.6 is 35.0 Å². The largest absolute Gasteiger partial charge is 0.341 e. The summed E-state index contributed by atoms with van der Waals surface area (Å²) in [5.41, 5.74) is 0.670. The van der Waals surface area contributed by atoms with Crippen molar-refractivity contribution >= 4 is 58.1 Å². The van der Waals surface area contributed by atoms with Gasteiger partial charge in [0, 0.05) is 13.1 Å². The third-order valence-corrected chi connectivity index (χ3v) is 6.01. The van der Waals surface area contributed by atoms with E-state index < -0.39 is 11.1 Å². The molecule has 0 saturated carbocycles. The summed E-state index contributed by atoms with van der Waals surface area (Å²) in [4.78, 5) is 40.2. The van der Waals surface area contributed by atoms with E-state index in [-0.39, 0.29) is 17.4 Å². The van der Waals surface area contributed by atoms with Crippen molar-refractivity contribution in [2.45, 2.75) is 25.7 Å². The molecule has 0 aliphatic carbocycles. The van der Waals surface area contributed by atoms with Crippen LogP contribution in [0.5, 0.6) is 0 Å². The van der Waals surface area contributed by atoms with E-state index in [2.05, 4.69) is 0 Å². The van der Waals surface area contributed by atoms with Gasteiger partial charge in [0.1, 0.15) is 6.54 Å². The maximum Gasteiger partial charge on any atom is 0.294 e. The molecule has 0 bridgehead atoms. The molecule has 0 unspecified atom stereocenters. The fourth-order valence-electron chi connectivity index (χ4n) is 2.95. The van der Waals surface area contributed by atoms with E-state index in [9.17, 15) is 14.4 Å². The summed E-state index contributed by atoms with van der Waals surface area (Å²) in [7, 11) is 0. The van der Waals surface area contributed by atoms with Crippen molar-refractivity contribution in [3.05, 3.63) is 38.7 Å². The number of thioether (sulfide) groups is 1. The standard InChI is InChI=1S/C18H18Cl2N2O3S/c19-13-6-5-12(9-14(13)20)10-15-17(24)22(18(25)26-15)11-16(23)21-7-3-1-2-4-8-21/h5-6,9-10H,1-4,7-8,11H2. The molecule has 1 aromatic carbocycles. The zero-order chi connectivity index (χ0) is 18.7. The predicted molar refractivity (Wildman–Crippen MR) is 104 cm³/mol. The van der Waals surface area contributed by atoms with Gasteiger partial charge >= 0.3 is 0 Å². The molecule has 0 N–H and O–H groups in total. The Hall–Kier alpha value is -1.50. The molecule has 2 saturated heterocycles. The van der Waals surface area contributed by atoms with E-state index in [0.29, 0.717) is 28.7 Å². The Morgan fingerprint density at radius 3 is 2.42 bits per heavy atom. The first-order valence-corrected chi connectivity index (χ1v) is 10.0. The van der Waals surface area contributed by atoms with E-state index in [4.69, 9.17) is 23.2 Å². The molecule has 2 aliphatic rings. The number of hydrogen-bond acceptors (Lipinski definition) is 4. The summed E-state index contributed by atoms with van der Waals surface area (Å²) in [6.07, 6.45) is 5.73. The molecule has 0 radical (unpaired) electrons. The number of rotatable bonds is 3. The lowest BCUT2D eigenvalue weighted by atomic mass is 10.2. The molecule has 2 heterocycles. The lowest BCUT2D eigenvalue weighted by Gasteiger charge is -2.22. The fourth-order valence-corrected chi connectivity index (χ4v) is 4.09. The molecule has 3 rings (SSSR count). The lowest BCUT2D eigenvalue weighted by Crippen LogP contribution is -2.42. The van der Waals surface area contributed by atoms with Crippen LogP contribution in [-0.2, 0) is 9.59 Å². The van der Waals surface area contributed by atoms with Crippen molar-refractivity contribution < 1.29 is 14.4 Å². The average molecular weight is 413 g/mol. The molecule has 0 aromatic heterocycles. The molecule has 8 heteroatoms. The number of imide groups is 1. The first-order chi connectivity index (χ1) is 12.5. The Morgan fingerprint density at radius 2 is 1.77 bits per heavy atom. The van der Waals surface area contributed by atoms with Gasteiger partial charge in [0.2, 0.25) is 5.91 Å². The van der Waals surface area contributed by atoms with Crippen LogP contribution in [0.25, 0.3) is 6.08 Å². The highest BCUT2D eigenvalue weighted by molar-refractivity contribution is 8.18. The molecule has 2 aliphatic heterocycles. The van der Waals surface area contributed by atoms with E-state index in [1.165, 1.54) is 0 Å². The monoisotopic (exact) mass is 412 g/mol. The predicted octanol–water partition coefficient (Wildman–Crippen LogP) is 4.43. The van der Waals surface area contributed by atoms with Crippen LogP contribution in [-0.4, -0.2) is 46.5 Å². The SMILES string of the molecule is O=C(CN1C(=O)SC(=Cc2ccc(Cl)c(Cl)c2)C1=O)N1CCCCCC1. The van der Waals surface area contributed by atoms with E-state index in [1.54, 1.807) is 29.2 Å². The van der Waals surface area contributed by atoms with Crippen molar-refractivity contribution in [1.82, 2.24) is 9.80 Å². The number of amides is 3. The molecule has 0 atom stereocenters. The normalized spacial score (nSPS) is 20.0. The van der Waals surface area contributed by atoms with Crippen molar-refractivity contribution in [3.63, 3.8) is 0 Å². The lowest BCUT2D eigenvalue weighted by molar-refractivity contribution is -0.135. The van der Waals surface area contributed by atoms with E-state index >= 15 is 0 Å². The minimum absolute atomic E-state index is 0.176. The second-order valence-electron chi connectivity index (χ2n) is 6.24. The van der Waals surface area contributed by atoms with Crippen molar-refractivity contribution in [1.29, 1.82) is 0 Å². The Bertz CT molecular complexity index is 774. The van der Waals surface area contributed by atoms with Gasteiger partial charge < -0.3 is 4.90 Å². The second-order valence-corrected chi connectivity index (χ2v) is 8.04. The summed E-state index contributed by atoms with van der Waals surface area (Å²) in [6, 6.07) is 4.97. The summed E-state index contributed by atoms with van der Waals surface area (Å²) >= 11 is 12.7. The number of halogens is 2. The zero-order valence-corrected chi connectivity index (χ0v) is 16.4. The number of benzene rings is 1. The third-order valence-electron chi connectivity index (χ3n) is 4.37. The Labute approximate surface area is 166 Å². The highest BCUT2D eigenvalue weighted by Crippen LogP contribution is 2.33. The van der Waals surface area contributed by atoms with Crippen molar-refractivity contribution in [2.75, 3.05) is 19.6 Å². The van der Waals surface area contributed by atoms with E-state index in [1.807, 2.05) is 0 Å². The Kier molecular flexibility index (Phi) is 6.27. The molecule has 3 amide bonds. The van der Waals surface area contributed by atoms with Gasteiger partial charge in [-0.05, 0) is 48.4 Å². The Morgan fingerprint density at radius 1 is 1.08 bits per heavy atom. The van der Waals surface area contributed by atoms with Crippen LogP contribution in [0.4, 0.5) is 4.79 Å². The van der Waals surface area contributed by atoms with Crippen LogP contribution in [0, 0.1) is 0 Å². The molecular formula is C18H18Cl2N2O3S. The molecule has 1 aromatic rings. The highest BCUT2D eigenvalue weighted by Gasteiger charge is 2.37. The summed E-state index contributed by atoms with van der Waals surface area (Å²) < 4.78 is 0. The number of nitrogens with zero attached hydrogens (tertiary/aromatic N) is 2. The molecule has 2 fully saturated rings. The number of carbonyl (C=O) groups excluding carboxylic acids is 3. The van der Waals surface area contributed by atoms with Gasteiger partial charge in [-0.3, -0.25) is 19.3 Å². The van der Waals surface area contributed by atoms with Gasteiger partial charge in [-0.25, -0.2) is 0 Å². The second kappa shape index (κ2) is 8.46. The number of hydrogen-bond donors (Lipinski definition) is 0. The summed E-state index contributed by atoms with van der Waals surface area (Å²) in [6.45, 7) is 1.17. The van der Waals surface area contributed by atoms with Crippen LogP contribution in [0.15, 0.2) is 23.1 Å². The van der Waals surface area contributed by atoms with Crippen molar-refractivity contribution in [2.24, 2.45) is 0 Å². The van der Waals surface area contributed by atoms with Crippen molar-refractivity contribution in [3.8, 4) is 0 Å². The zero-order valence-electron chi connectivity index (χ0n) is 14.0. The van der Waals surface area contributed by atoms with Gasteiger partial charge in [-0.2, -0.15) is 0 Å². The molecular weight excluding hydrogens is 395 g/mol. The fraction of sp³-hybridized carbons (Fsp3) is 0.389. The van der Waals surface area contributed by atoms with Gasteiger partial charge in [0.05, 0.1) is 15.0 Å². The maximum absolute atomic E-state index is 12.5. The quantitative estimate of drug-likeness (QED) is 0.688. The highest BCUT2D eigenvalue weighted by atomic mass is 35.5. The summed E-state index contributed by atoms with van der Waals surface area (Å²) in [5, 5.41) is 0.362. The minimum Gasteiger partial charge on any atom is -0.341 e. The maximum atomic E-state index is 12.5. The van der Waals surface area contributed by atoms with E-state index in [0.717, 1.165) is 42.3 Å². The van der Waals surface area contributed by atoms with Gasteiger partial charge in [-0.1, -0.05) is 42.1 Å². The van der Waals surface area contributed by atoms with Gasteiger partial charge in [-0.15, -0.1) is 0 Å². The number of carbonyl (C=O) groups is 3. The van der Waals surface area contributed by atoms with Crippen LogP contribution < -0.4 is 0 Å². The average Bonchev–Trinajstić information content (AvgIpc) is 2.82. The molecule has 26 heavy (non-hydrogen) atoms. The number of likely N-dealkylation sites (tertiary alicyclic amines) is 1. The Balaban J connectivity index is 1.71. The van der Waals surface area contributed by atoms with Crippen LogP contribution in [0.1, 0.15) is 31.2 Å². The van der Waals surface area contributed by atoms with Crippen LogP contribution in [0.2, 0.25) is 10.0 Å². The molecule has 0 spiro atoms. The molecule has 138 valence electrons.